The Hall–Kier alpha value is -1.39. The van der Waals surface area contributed by atoms with Gasteiger partial charge in [0.05, 0.1) is 0 Å². The number of rotatable bonds is 4. The minimum absolute atomic E-state index is 0.0742. The summed E-state index contributed by atoms with van der Waals surface area (Å²) in [5.74, 6) is -1.12. The summed E-state index contributed by atoms with van der Waals surface area (Å²) in [7, 11) is 0. The van der Waals surface area contributed by atoms with Crippen LogP contribution in [0.3, 0.4) is 0 Å². The van der Waals surface area contributed by atoms with Gasteiger partial charge in [-0.2, -0.15) is 0 Å². The lowest BCUT2D eigenvalue weighted by Gasteiger charge is -2.21. The van der Waals surface area contributed by atoms with Crippen LogP contribution in [0, 0.1) is 18.6 Å². The van der Waals surface area contributed by atoms with Crippen molar-refractivity contribution in [2.75, 3.05) is 0 Å². The molecule has 2 aromatic carbocycles. The highest BCUT2D eigenvalue weighted by Gasteiger charge is 2.19. The SMILES string of the molecule is Cc1cccc(C(Sc2ccc(F)cc2F)C(C)N)c1. The molecular weight excluding hydrogens is 276 g/mol. The van der Waals surface area contributed by atoms with Crippen LogP contribution in [0.25, 0.3) is 0 Å². The van der Waals surface area contributed by atoms with Crippen molar-refractivity contribution in [3.63, 3.8) is 0 Å². The molecule has 106 valence electrons. The van der Waals surface area contributed by atoms with E-state index in [4.69, 9.17) is 5.73 Å². The number of hydrogen-bond donors (Lipinski definition) is 1. The van der Waals surface area contributed by atoms with Gasteiger partial charge in [0.2, 0.25) is 0 Å². The molecule has 0 amide bonds. The predicted molar refractivity (Wildman–Crippen MR) is 79.8 cm³/mol. The van der Waals surface area contributed by atoms with Gasteiger partial charge >= 0.3 is 0 Å². The van der Waals surface area contributed by atoms with Crippen LogP contribution in [0.1, 0.15) is 23.3 Å². The molecule has 2 unspecified atom stereocenters. The molecule has 2 rings (SSSR count). The third-order valence-corrected chi connectivity index (χ3v) is 4.54. The first-order valence-corrected chi connectivity index (χ1v) is 7.29. The predicted octanol–water partition coefficient (Wildman–Crippen LogP) is 4.45. The first-order valence-electron chi connectivity index (χ1n) is 6.41. The smallest absolute Gasteiger partial charge is 0.139 e. The molecule has 2 atom stereocenters. The Morgan fingerprint density at radius 2 is 1.85 bits per heavy atom. The molecule has 4 heteroatoms. The lowest BCUT2D eigenvalue weighted by atomic mass is 10.0. The van der Waals surface area contributed by atoms with Gasteiger partial charge in [0.25, 0.3) is 0 Å². The molecule has 0 radical (unpaired) electrons. The molecule has 0 saturated carbocycles. The van der Waals surface area contributed by atoms with E-state index < -0.39 is 11.6 Å². The van der Waals surface area contributed by atoms with Crippen LogP contribution >= 0.6 is 11.8 Å². The Labute approximate surface area is 122 Å². The third-order valence-electron chi connectivity index (χ3n) is 3.00. The summed E-state index contributed by atoms with van der Waals surface area (Å²) >= 11 is 1.33. The summed E-state index contributed by atoms with van der Waals surface area (Å²) in [6.07, 6.45) is 0. The Morgan fingerprint density at radius 3 is 2.45 bits per heavy atom. The van der Waals surface area contributed by atoms with Crippen LogP contribution in [0.15, 0.2) is 47.4 Å². The topological polar surface area (TPSA) is 26.0 Å². The molecule has 0 aliphatic carbocycles. The second-order valence-corrected chi connectivity index (χ2v) is 6.07. The molecule has 0 fully saturated rings. The molecule has 0 bridgehead atoms. The summed E-state index contributed by atoms with van der Waals surface area (Å²) < 4.78 is 26.7. The van der Waals surface area contributed by atoms with E-state index in [1.54, 1.807) is 0 Å². The number of benzene rings is 2. The van der Waals surface area contributed by atoms with Gasteiger partial charge in [0, 0.05) is 22.3 Å². The number of aryl methyl sites for hydroxylation is 1. The van der Waals surface area contributed by atoms with Gasteiger partial charge in [-0.15, -0.1) is 11.8 Å². The van der Waals surface area contributed by atoms with Crippen molar-refractivity contribution in [1.82, 2.24) is 0 Å². The minimum atomic E-state index is -0.570. The minimum Gasteiger partial charge on any atom is -0.327 e. The second-order valence-electron chi connectivity index (χ2n) is 4.89. The number of thioether (sulfide) groups is 1. The van der Waals surface area contributed by atoms with Crippen molar-refractivity contribution in [3.8, 4) is 0 Å². The lowest BCUT2D eigenvalue weighted by molar-refractivity contribution is 0.565. The van der Waals surface area contributed by atoms with E-state index in [-0.39, 0.29) is 11.3 Å². The number of hydrogen-bond acceptors (Lipinski definition) is 2. The van der Waals surface area contributed by atoms with Crippen molar-refractivity contribution in [2.45, 2.75) is 30.0 Å². The van der Waals surface area contributed by atoms with E-state index >= 15 is 0 Å². The second kappa shape index (κ2) is 6.37. The van der Waals surface area contributed by atoms with Crippen LogP contribution in [0.4, 0.5) is 8.78 Å². The molecule has 0 saturated heterocycles. The molecule has 20 heavy (non-hydrogen) atoms. The largest absolute Gasteiger partial charge is 0.327 e. The fourth-order valence-electron chi connectivity index (χ4n) is 2.03. The molecule has 1 nitrogen and oxygen atoms in total. The van der Waals surface area contributed by atoms with Crippen LogP contribution < -0.4 is 5.73 Å². The van der Waals surface area contributed by atoms with Gasteiger partial charge in [-0.05, 0) is 31.5 Å². The first-order chi connectivity index (χ1) is 9.47. The molecule has 2 aromatic rings. The Morgan fingerprint density at radius 1 is 1.10 bits per heavy atom. The molecule has 0 aliphatic heterocycles. The standard InChI is InChI=1S/C16H17F2NS/c1-10-4-3-5-12(8-10)16(11(2)19)20-15-7-6-13(17)9-14(15)18/h3-9,11,16H,19H2,1-2H3. The van der Waals surface area contributed by atoms with Crippen molar-refractivity contribution in [1.29, 1.82) is 0 Å². The zero-order valence-electron chi connectivity index (χ0n) is 11.4. The van der Waals surface area contributed by atoms with Gasteiger partial charge in [0.15, 0.2) is 0 Å². The summed E-state index contributed by atoms with van der Waals surface area (Å²) in [4.78, 5) is 0.412. The maximum Gasteiger partial charge on any atom is 0.139 e. The molecular formula is C16H17F2NS. The summed E-state index contributed by atoms with van der Waals surface area (Å²) in [6, 6.07) is 11.5. The van der Waals surface area contributed by atoms with Crippen LogP contribution in [0.2, 0.25) is 0 Å². The maximum atomic E-state index is 13.8. The zero-order chi connectivity index (χ0) is 14.7. The molecule has 0 aliphatic rings. The highest BCUT2D eigenvalue weighted by molar-refractivity contribution is 7.99. The lowest BCUT2D eigenvalue weighted by Crippen LogP contribution is -2.22. The summed E-state index contributed by atoms with van der Waals surface area (Å²) in [6.45, 7) is 3.90. The molecule has 2 N–H and O–H groups in total. The third kappa shape index (κ3) is 3.58. The quantitative estimate of drug-likeness (QED) is 0.843. The van der Waals surface area contributed by atoms with Crippen molar-refractivity contribution >= 4 is 11.8 Å². The Bertz CT molecular complexity index is 599. The van der Waals surface area contributed by atoms with E-state index in [1.807, 2.05) is 38.1 Å². The molecule has 0 spiro atoms. The molecule has 0 aromatic heterocycles. The maximum absolute atomic E-state index is 13.8. The highest BCUT2D eigenvalue weighted by Crippen LogP contribution is 2.38. The van der Waals surface area contributed by atoms with Gasteiger partial charge in [-0.1, -0.05) is 29.8 Å². The van der Waals surface area contributed by atoms with Crippen molar-refractivity contribution in [3.05, 3.63) is 65.2 Å². The van der Waals surface area contributed by atoms with E-state index in [9.17, 15) is 8.78 Å². The van der Waals surface area contributed by atoms with E-state index in [1.165, 1.54) is 23.9 Å². The zero-order valence-corrected chi connectivity index (χ0v) is 12.3. The Balaban J connectivity index is 2.30. The van der Waals surface area contributed by atoms with Gasteiger partial charge < -0.3 is 5.73 Å². The van der Waals surface area contributed by atoms with Gasteiger partial charge in [-0.3, -0.25) is 0 Å². The average Bonchev–Trinajstić information content (AvgIpc) is 2.37. The summed E-state index contributed by atoms with van der Waals surface area (Å²) in [5.41, 5.74) is 8.21. The fourth-order valence-corrected chi connectivity index (χ4v) is 3.12. The molecule has 0 heterocycles. The van der Waals surface area contributed by atoms with Crippen LogP contribution in [0.5, 0.6) is 0 Å². The normalized spacial score (nSPS) is 14.1. The Kier molecular flexibility index (Phi) is 4.78. The van der Waals surface area contributed by atoms with E-state index in [0.29, 0.717) is 4.90 Å². The highest BCUT2D eigenvalue weighted by atomic mass is 32.2. The summed E-state index contributed by atoms with van der Waals surface area (Å²) in [5, 5.41) is -0.0742. The van der Waals surface area contributed by atoms with Crippen LogP contribution in [-0.4, -0.2) is 6.04 Å². The van der Waals surface area contributed by atoms with Crippen molar-refractivity contribution in [2.24, 2.45) is 5.73 Å². The number of halogens is 2. The van der Waals surface area contributed by atoms with Gasteiger partial charge in [-0.25, -0.2) is 8.78 Å². The monoisotopic (exact) mass is 293 g/mol. The van der Waals surface area contributed by atoms with Gasteiger partial charge in [0.1, 0.15) is 11.6 Å². The average molecular weight is 293 g/mol. The first kappa shape index (κ1) is 15.0. The van der Waals surface area contributed by atoms with Crippen molar-refractivity contribution < 1.29 is 8.78 Å². The van der Waals surface area contributed by atoms with E-state index in [0.717, 1.165) is 17.2 Å². The van der Waals surface area contributed by atoms with Crippen LogP contribution in [-0.2, 0) is 0 Å². The van der Waals surface area contributed by atoms with E-state index in [2.05, 4.69) is 0 Å². The number of nitrogens with two attached hydrogens (primary N) is 1. The fraction of sp³-hybridized carbons (Fsp3) is 0.250.